The lowest BCUT2D eigenvalue weighted by Gasteiger charge is -2.10. The fourth-order valence-electron chi connectivity index (χ4n) is 1.65. The number of hydrogen-bond acceptors (Lipinski definition) is 2. The van der Waals surface area contributed by atoms with Crippen LogP contribution in [-0.2, 0) is 0 Å². The second-order valence-electron chi connectivity index (χ2n) is 3.32. The van der Waals surface area contributed by atoms with Gasteiger partial charge in [-0.1, -0.05) is 6.07 Å². The molecule has 1 aromatic rings. The smallest absolute Gasteiger partial charge is 0.125 e. The van der Waals surface area contributed by atoms with Crippen LogP contribution in [0.4, 0.5) is 10.1 Å². The number of nitrogens with one attached hydrogen (secondary N) is 1. The third kappa shape index (κ3) is 1.65. The van der Waals surface area contributed by atoms with Crippen molar-refractivity contribution < 1.29 is 9.50 Å². The van der Waals surface area contributed by atoms with E-state index < -0.39 is 6.10 Å². The summed E-state index contributed by atoms with van der Waals surface area (Å²) in [5.41, 5.74) is 1.53. The summed E-state index contributed by atoms with van der Waals surface area (Å²) in [6, 6.07) is 4.46. The number of benzene rings is 1. The van der Waals surface area contributed by atoms with Crippen LogP contribution >= 0.6 is 0 Å². The molecule has 0 saturated carbocycles. The summed E-state index contributed by atoms with van der Waals surface area (Å²) >= 11 is 0. The molecule has 2 N–H and O–H groups in total. The highest BCUT2D eigenvalue weighted by Crippen LogP contribution is 2.29. The minimum atomic E-state index is -0.453. The molecule has 1 aliphatic heterocycles. The maximum Gasteiger partial charge on any atom is 0.125 e. The Labute approximate surface area is 76.4 Å². The van der Waals surface area contributed by atoms with Gasteiger partial charge in [-0.3, -0.25) is 0 Å². The Bertz CT molecular complexity index is 314. The average Bonchev–Trinajstić information content (AvgIpc) is 2.28. The molecular weight excluding hydrogens is 169 g/mol. The molecular formula is C10H12FNO. The third-order valence-corrected chi connectivity index (χ3v) is 2.34. The van der Waals surface area contributed by atoms with Gasteiger partial charge in [-0.2, -0.15) is 0 Å². The zero-order valence-corrected chi connectivity index (χ0v) is 7.26. The Morgan fingerprint density at radius 1 is 1.46 bits per heavy atom. The van der Waals surface area contributed by atoms with Gasteiger partial charge >= 0.3 is 0 Å². The normalized spacial score (nSPS) is 21.5. The van der Waals surface area contributed by atoms with Crippen LogP contribution in [0.5, 0.6) is 0 Å². The molecule has 1 aromatic carbocycles. The first kappa shape index (κ1) is 8.51. The SMILES string of the molecule is OC1CCCNc2cc(F)ccc21. The van der Waals surface area contributed by atoms with Crippen molar-refractivity contribution >= 4 is 5.69 Å². The van der Waals surface area contributed by atoms with E-state index in [2.05, 4.69) is 5.32 Å². The second kappa shape index (κ2) is 3.34. The van der Waals surface area contributed by atoms with E-state index in [0.717, 1.165) is 30.6 Å². The highest BCUT2D eigenvalue weighted by atomic mass is 19.1. The second-order valence-corrected chi connectivity index (χ2v) is 3.32. The molecule has 1 aliphatic rings. The van der Waals surface area contributed by atoms with Crippen LogP contribution in [0.3, 0.4) is 0 Å². The van der Waals surface area contributed by atoms with E-state index in [1.165, 1.54) is 12.1 Å². The molecule has 0 amide bonds. The van der Waals surface area contributed by atoms with Crippen molar-refractivity contribution in [2.24, 2.45) is 0 Å². The van der Waals surface area contributed by atoms with Crippen molar-refractivity contribution in [3.05, 3.63) is 29.6 Å². The molecule has 1 atom stereocenters. The average molecular weight is 181 g/mol. The highest BCUT2D eigenvalue weighted by Gasteiger charge is 2.15. The number of aliphatic hydroxyl groups is 1. The number of hydrogen-bond donors (Lipinski definition) is 2. The Morgan fingerprint density at radius 2 is 2.31 bits per heavy atom. The predicted octanol–water partition coefficient (Wildman–Crippen LogP) is 2.06. The molecule has 1 heterocycles. The summed E-state index contributed by atoms with van der Waals surface area (Å²) in [5.74, 6) is -0.264. The Morgan fingerprint density at radius 3 is 3.15 bits per heavy atom. The standard InChI is InChI=1S/C10H12FNO/c11-7-3-4-8-9(6-7)12-5-1-2-10(8)13/h3-4,6,10,12-13H,1-2,5H2. The van der Waals surface area contributed by atoms with Crippen molar-refractivity contribution in [3.8, 4) is 0 Å². The zero-order valence-electron chi connectivity index (χ0n) is 7.26. The first-order valence-electron chi connectivity index (χ1n) is 4.49. The van der Waals surface area contributed by atoms with Gasteiger partial charge in [0.25, 0.3) is 0 Å². The van der Waals surface area contributed by atoms with Crippen LogP contribution in [-0.4, -0.2) is 11.7 Å². The number of fused-ring (bicyclic) bond motifs is 1. The van der Waals surface area contributed by atoms with E-state index in [0.29, 0.717) is 0 Å². The van der Waals surface area contributed by atoms with Crippen LogP contribution < -0.4 is 5.32 Å². The molecule has 0 fully saturated rings. The summed E-state index contributed by atoms with van der Waals surface area (Å²) in [6.45, 7) is 0.799. The maximum absolute atomic E-state index is 12.8. The van der Waals surface area contributed by atoms with Crippen molar-refractivity contribution in [3.63, 3.8) is 0 Å². The van der Waals surface area contributed by atoms with Gasteiger partial charge in [-0.25, -0.2) is 4.39 Å². The van der Waals surface area contributed by atoms with Gasteiger partial charge in [-0.15, -0.1) is 0 Å². The summed E-state index contributed by atoms with van der Waals surface area (Å²) in [7, 11) is 0. The summed E-state index contributed by atoms with van der Waals surface area (Å²) in [5, 5.41) is 12.8. The highest BCUT2D eigenvalue weighted by molar-refractivity contribution is 5.53. The zero-order chi connectivity index (χ0) is 9.26. The van der Waals surface area contributed by atoms with E-state index >= 15 is 0 Å². The fraction of sp³-hybridized carbons (Fsp3) is 0.400. The minimum absolute atomic E-state index is 0.264. The van der Waals surface area contributed by atoms with Crippen LogP contribution in [0.2, 0.25) is 0 Å². The fourth-order valence-corrected chi connectivity index (χ4v) is 1.65. The van der Waals surface area contributed by atoms with Crippen molar-refractivity contribution in [2.75, 3.05) is 11.9 Å². The largest absolute Gasteiger partial charge is 0.388 e. The van der Waals surface area contributed by atoms with Gasteiger partial charge in [0.1, 0.15) is 5.82 Å². The number of anilines is 1. The first-order chi connectivity index (χ1) is 6.27. The lowest BCUT2D eigenvalue weighted by Crippen LogP contribution is -2.00. The number of rotatable bonds is 0. The molecule has 1 unspecified atom stereocenters. The molecule has 0 radical (unpaired) electrons. The van der Waals surface area contributed by atoms with Crippen LogP contribution in [0.1, 0.15) is 24.5 Å². The third-order valence-electron chi connectivity index (χ3n) is 2.34. The Balaban J connectivity index is 2.42. The Hall–Kier alpha value is -1.09. The monoisotopic (exact) mass is 181 g/mol. The van der Waals surface area contributed by atoms with E-state index in [-0.39, 0.29) is 5.82 Å². The molecule has 0 aromatic heterocycles. The molecule has 13 heavy (non-hydrogen) atoms. The molecule has 70 valence electrons. The van der Waals surface area contributed by atoms with Gasteiger partial charge in [-0.05, 0) is 25.0 Å². The van der Waals surface area contributed by atoms with Crippen LogP contribution in [0.25, 0.3) is 0 Å². The molecule has 0 spiro atoms. The molecule has 0 saturated heterocycles. The Kier molecular flexibility index (Phi) is 2.19. The lowest BCUT2D eigenvalue weighted by atomic mass is 10.0. The summed E-state index contributed by atoms with van der Waals surface area (Å²) in [6.07, 6.45) is 1.20. The first-order valence-corrected chi connectivity index (χ1v) is 4.49. The molecule has 3 heteroatoms. The summed E-state index contributed by atoms with van der Waals surface area (Å²) < 4.78 is 12.8. The van der Waals surface area contributed by atoms with Crippen LogP contribution in [0, 0.1) is 5.82 Å². The van der Waals surface area contributed by atoms with Gasteiger partial charge in [0.2, 0.25) is 0 Å². The predicted molar refractivity (Wildman–Crippen MR) is 49.1 cm³/mol. The van der Waals surface area contributed by atoms with Crippen molar-refractivity contribution in [1.29, 1.82) is 0 Å². The minimum Gasteiger partial charge on any atom is -0.388 e. The van der Waals surface area contributed by atoms with Crippen molar-refractivity contribution in [1.82, 2.24) is 0 Å². The maximum atomic E-state index is 12.8. The number of halogens is 1. The van der Waals surface area contributed by atoms with Gasteiger partial charge < -0.3 is 10.4 Å². The topological polar surface area (TPSA) is 32.3 Å². The van der Waals surface area contributed by atoms with E-state index in [9.17, 15) is 9.50 Å². The van der Waals surface area contributed by atoms with Crippen LogP contribution in [0.15, 0.2) is 18.2 Å². The lowest BCUT2D eigenvalue weighted by molar-refractivity contribution is 0.168. The van der Waals surface area contributed by atoms with Gasteiger partial charge in [0.15, 0.2) is 0 Å². The summed E-state index contributed by atoms with van der Waals surface area (Å²) in [4.78, 5) is 0. The molecule has 2 nitrogen and oxygen atoms in total. The van der Waals surface area contributed by atoms with E-state index in [1.54, 1.807) is 6.07 Å². The van der Waals surface area contributed by atoms with Gasteiger partial charge in [0.05, 0.1) is 6.10 Å². The quantitative estimate of drug-likeness (QED) is 0.642. The van der Waals surface area contributed by atoms with Crippen molar-refractivity contribution in [2.45, 2.75) is 18.9 Å². The molecule has 2 rings (SSSR count). The van der Waals surface area contributed by atoms with E-state index in [1.807, 2.05) is 0 Å². The molecule has 0 bridgehead atoms. The number of aliphatic hydroxyl groups excluding tert-OH is 1. The van der Waals surface area contributed by atoms with E-state index in [4.69, 9.17) is 0 Å². The molecule has 0 aliphatic carbocycles. The van der Waals surface area contributed by atoms with Gasteiger partial charge in [0, 0.05) is 17.8 Å².